The number of halogens is 1. The molecule has 3 aromatic carbocycles. The first-order chi connectivity index (χ1) is 16.8. The number of nitrogens with one attached hydrogen (secondary N) is 1. The van der Waals surface area contributed by atoms with E-state index in [0.29, 0.717) is 15.7 Å². The molecular weight excluding hydrogens is 512 g/mol. The number of carboxylic acids is 1. The van der Waals surface area contributed by atoms with Crippen molar-refractivity contribution < 1.29 is 24.2 Å². The number of anilines is 1. The maximum absolute atomic E-state index is 12.9. The van der Waals surface area contributed by atoms with Crippen molar-refractivity contribution in [1.82, 2.24) is 4.90 Å². The maximum atomic E-state index is 12.9. The Morgan fingerprint density at radius 3 is 2.23 bits per heavy atom. The average Bonchev–Trinajstić information content (AvgIpc) is 3.12. The minimum atomic E-state index is -0.908. The third-order valence-electron chi connectivity index (χ3n) is 6.64. The number of aliphatic carboxylic acids is 1. The zero-order valence-electron chi connectivity index (χ0n) is 19.0. The van der Waals surface area contributed by atoms with Crippen LogP contribution in [0.4, 0.5) is 10.5 Å². The van der Waals surface area contributed by atoms with Gasteiger partial charge in [-0.25, -0.2) is 4.79 Å². The van der Waals surface area contributed by atoms with Gasteiger partial charge in [0.15, 0.2) is 0 Å². The summed E-state index contributed by atoms with van der Waals surface area (Å²) in [5.41, 5.74) is 6.14. The van der Waals surface area contributed by atoms with Gasteiger partial charge in [0, 0.05) is 29.2 Å². The zero-order chi connectivity index (χ0) is 24.7. The quantitative estimate of drug-likeness (QED) is 0.464. The molecule has 0 bridgehead atoms. The van der Waals surface area contributed by atoms with E-state index < -0.39 is 18.0 Å². The number of carbonyl (C=O) groups is 3. The fourth-order valence-electron chi connectivity index (χ4n) is 4.69. The first kappa shape index (κ1) is 23.1. The van der Waals surface area contributed by atoms with Gasteiger partial charge in [0.25, 0.3) is 5.91 Å². The highest BCUT2D eigenvalue weighted by atomic mass is 79.9. The van der Waals surface area contributed by atoms with Crippen LogP contribution in [0.25, 0.3) is 11.1 Å². The van der Waals surface area contributed by atoms with Crippen molar-refractivity contribution in [2.45, 2.75) is 12.8 Å². The second-order valence-corrected chi connectivity index (χ2v) is 9.70. The minimum absolute atomic E-state index is 0.0510. The summed E-state index contributed by atoms with van der Waals surface area (Å²) in [7, 11) is 0. The van der Waals surface area contributed by atoms with Crippen molar-refractivity contribution in [3.63, 3.8) is 0 Å². The van der Waals surface area contributed by atoms with Crippen molar-refractivity contribution in [2.24, 2.45) is 5.92 Å². The standard InChI is InChI=1S/C27H23BrN2O5/c1-15-10-23(28)21(25(31)30-12-16(13-30)26(32)33)11-24(15)29-27(34)35-14-22-19-8-4-2-6-17(19)18-7-3-5-9-20(18)22/h2-11,16,22H,12-14H2,1H3,(H,29,34)(H,32,33). The largest absolute Gasteiger partial charge is 0.481 e. The van der Waals surface area contributed by atoms with Gasteiger partial charge in [-0.05, 0) is 62.8 Å². The molecule has 1 aliphatic carbocycles. The monoisotopic (exact) mass is 534 g/mol. The number of rotatable bonds is 5. The van der Waals surface area contributed by atoms with Crippen LogP contribution >= 0.6 is 15.9 Å². The van der Waals surface area contributed by atoms with Gasteiger partial charge in [-0.15, -0.1) is 0 Å². The number of amides is 2. The normalized spacial score (nSPS) is 14.6. The molecule has 35 heavy (non-hydrogen) atoms. The first-order valence-electron chi connectivity index (χ1n) is 11.3. The highest BCUT2D eigenvalue weighted by Crippen LogP contribution is 2.44. The summed E-state index contributed by atoms with van der Waals surface area (Å²) in [4.78, 5) is 38.1. The molecule has 1 saturated heterocycles. The van der Waals surface area contributed by atoms with Crippen LogP contribution in [0, 0.1) is 12.8 Å². The fourth-order valence-corrected chi connectivity index (χ4v) is 5.31. The molecule has 2 amide bonds. The number of fused-ring (bicyclic) bond motifs is 3. The molecule has 8 heteroatoms. The van der Waals surface area contributed by atoms with E-state index in [1.165, 1.54) is 4.90 Å². The number of carboxylic acid groups (broad SMARTS) is 1. The van der Waals surface area contributed by atoms with Crippen molar-refractivity contribution in [1.29, 1.82) is 0 Å². The molecule has 1 heterocycles. The van der Waals surface area contributed by atoms with E-state index in [2.05, 4.69) is 45.5 Å². The smallest absolute Gasteiger partial charge is 0.411 e. The number of benzene rings is 3. The molecule has 2 aliphatic rings. The third kappa shape index (κ3) is 4.30. The lowest BCUT2D eigenvalue weighted by molar-refractivity contribution is -0.146. The van der Waals surface area contributed by atoms with Gasteiger partial charge in [0.2, 0.25) is 0 Å². The topological polar surface area (TPSA) is 95.9 Å². The predicted octanol–water partition coefficient (Wildman–Crippen LogP) is 5.28. The Morgan fingerprint density at radius 1 is 1.03 bits per heavy atom. The number of hydrogen-bond donors (Lipinski definition) is 2. The maximum Gasteiger partial charge on any atom is 0.411 e. The molecule has 0 aromatic heterocycles. The average molecular weight is 535 g/mol. The molecule has 3 aromatic rings. The van der Waals surface area contributed by atoms with Gasteiger partial charge in [-0.2, -0.15) is 0 Å². The van der Waals surface area contributed by atoms with Crippen LogP contribution in [0.1, 0.15) is 33.0 Å². The lowest BCUT2D eigenvalue weighted by Gasteiger charge is -2.37. The van der Waals surface area contributed by atoms with Gasteiger partial charge in [0.05, 0.1) is 11.5 Å². The number of aryl methyl sites for hydroxylation is 1. The number of carbonyl (C=O) groups excluding carboxylic acids is 2. The van der Waals surface area contributed by atoms with Gasteiger partial charge in [0.1, 0.15) is 6.61 Å². The summed E-state index contributed by atoms with van der Waals surface area (Å²) < 4.78 is 6.21. The molecule has 1 fully saturated rings. The fraction of sp³-hybridized carbons (Fsp3) is 0.222. The van der Waals surface area contributed by atoms with Crippen LogP contribution in [0.2, 0.25) is 0 Å². The first-order valence-corrected chi connectivity index (χ1v) is 12.1. The van der Waals surface area contributed by atoms with E-state index in [1.54, 1.807) is 12.1 Å². The summed E-state index contributed by atoms with van der Waals surface area (Å²) in [6, 6.07) is 19.6. The molecule has 0 atom stereocenters. The van der Waals surface area contributed by atoms with E-state index in [9.17, 15) is 14.4 Å². The molecular formula is C27H23BrN2O5. The van der Waals surface area contributed by atoms with E-state index in [-0.39, 0.29) is 31.5 Å². The van der Waals surface area contributed by atoms with E-state index >= 15 is 0 Å². The lowest BCUT2D eigenvalue weighted by Crippen LogP contribution is -2.53. The zero-order valence-corrected chi connectivity index (χ0v) is 20.5. The van der Waals surface area contributed by atoms with Crippen molar-refractivity contribution in [2.75, 3.05) is 25.0 Å². The summed E-state index contributed by atoms with van der Waals surface area (Å²) in [5, 5.41) is 11.8. The Bertz CT molecular complexity index is 1300. The molecule has 0 unspecified atom stereocenters. The summed E-state index contributed by atoms with van der Waals surface area (Å²) in [5.74, 6) is -1.79. The second kappa shape index (κ2) is 9.19. The molecule has 2 N–H and O–H groups in total. The SMILES string of the molecule is Cc1cc(Br)c(C(=O)N2CC(C(=O)O)C2)cc1NC(=O)OCC1c2ccccc2-c2ccccc21. The van der Waals surface area contributed by atoms with Crippen LogP contribution in [0.3, 0.4) is 0 Å². The van der Waals surface area contributed by atoms with Crippen molar-refractivity contribution in [3.05, 3.63) is 87.4 Å². The predicted molar refractivity (Wildman–Crippen MR) is 135 cm³/mol. The Labute approximate surface area is 210 Å². The van der Waals surface area contributed by atoms with Crippen LogP contribution < -0.4 is 5.32 Å². The van der Waals surface area contributed by atoms with Gasteiger partial charge in [-0.1, -0.05) is 48.5 Å². The molecule has 178 valence electrons. The number of nitrogens with zero attached hydrogens (tertiary/aromatic N) is 1. The van der Waals surface area contributed by atoms with E-state index in [0.717, 1.165) is 27.8 Å². The van der Waals surface area contributed by atoms with Gasteiger partial charge < -0.3 is 14.7 Å². The molecule has 5 rings (SSSR count). The van der Waals surface area contributed by atoms with Gasteiger partial charge >= 0.3 is 12.1 Å². The Morgan fingerprint density at radius 2 is 1.63 bits per heavy atom. The summed E-state index contributed by atoms with van der Waals surface area (Å²) in [6.07, 6.45) is -0.606. The molecule has 1 aliphatic heterocycles. The molecule has 0 radical (unpaired) electrons. The molecule has 0 saturated carbocycles. The molecule has 0 spiro atoms. The third-order valence-corrected chi connectivity index (χ3v) is 7.30. The second-order valence-electron chi connectivity index (χ2n) is 8.84. The summed E-state index contributed by atoms with van der Waals surface area (Å²) in [6.45, 7) is 2.35. The number of ether oxygens (including phenoxy) is 1. The van der Waals surface area contributed by atoms with Crippen LogP contribution in [0.15, 0.2) is 65.1 Å². The Balaban J connectivity index is 1.28. The van der Waals surface area contributed by atoms with Crippen LogP contribution in [-0.4, -0.2) is 47.7 Å². The minimum Gasteiger partial charge on any atom is -0.481 e. The van der Waals surface area contributed by atoms with E-state index in [1.807, 2.05) is 31.2 Å². The van der Waals surface area contributed by atoms with Gasteiger partial charge in [-0.3, -0.25) is 14.9 Å². The molecule has 7 nitrogen and oxygen atoms in total. The van der Waals surface area contributed by atoms with E-state index in [4.69, 9.17) is 9.84 Å². The lowest BCUT2D eigenvalue weighted by atomic mass is 9.98. The Kier molecular flexibility index (Phi) is 6.06. The van der Waals surface area contributed by atoms with Crippen LogP contribution in [0.5, 0.6) is 0 Å². The van der Waals surface area contributed by atoms with Crippen molar-refractivity contribution in [3.8, 4) is 11.1 Å². The highest BCUT2D eigenvalue weighted by molar-refractivity contribution is 9.10. The van der Waals surface area contributed by atoms with Crippen LogP contribution in [-0.2, 0) is 9.53 Å². The Hall–Kier alpha value is -3.65. The summed E-state index contributed by atoms with van der Waals surface area (Å²) >= 11 is 3.41. The number of hydrogen-bond acceptors (Lipinski definition) is 4. The highest BCUT2D eigenvalue weighted by Gasteiger charge is 2.36. The number of likely N-dealkylation sites (tertiary alicyclic amines) is 1. The van der Waals surface area contributed by atoms with Crippen molar-refractivity contribution >= 4 is 39.6 Å².